The summed E-state index contributed by atoms with van der Waals surface area (Å²) in [5, 5.41) is 12.2. The lowest BCUT2D eigenvalue weighted by molar-refractivity contribution is -0.0438. The summed E-state index contributed by atoms with van der Waals surface area (Å²) in [7, 11) is 0. The first kappa shape index (κ1) is 9.75. The predicted molar refractivity (Wildman–Crippen MR) is 53.3 cm³/mol. The minimum atomic E-state index is -0.721. The van der Waals surface area contributed by atoms with Crippen LogP contribution in [-0.2, 0) is 5.60 Å². The SMILES string of the molecule is CC(C)(C)C(C)(O)c1cccs1. The van der Waals surface area contributed by atoms with Crippen LogP contribution in [0.3, 0.4) is 0 Å². The van der Waals surface area contributed by atoms with E-state index >= 15 is 0 Å². The van der Waals surface area contributed by atoms with Crippen molar-refractivity contribution >= 4 is 11.3 Å². The van der Waals surface area contributed by atoms with Crippen LogP contribution in [0.1, 0.15) is 32.6 Å². The molecule has 1 aromatic rings. The summed E-state index contributed by atoms with van der Waals surface area (Å²) in [5.74, 6) is 0. The van der Waals surface area contributed by atoms with E-state index in [4.69, 9.17) is 0 Å². The first-order valence-electron chi connectivity index (χ1n) is 4.12. The van der Waals surface area contributed by atoms with E-state index in [9.17, 15) is 5.11 Å². The Kier molecular flexibility index (Phi) is 2.32. The van der Waals surface area contributed by atoms with Crippen LogP contribution in [0, 0.1) is 5.41 Å². The molecule has 0 radical (unpaired) electrons. The molecule has 0 saturated carbocycles. The van der Waals surface area contributed by atoms with Gasteiger partial charge in [0.1, 0.15) is 5.60 Å². The summed E-state index contributed by atoms with van der Waals surface area (Å²) >= 11 is 1.61. The molecule has 0 aliphatic carbocycles. The Labute approximate surface area is 78.1 Å². The molecule has 1 heterocycles. The van der Waals surface area contributed by atoms with Crippen LogP contribution < -0.4 is 0 Å². The van der Waals surface area contributed by atoms with E-state index in [2.05, 4.69) is 0 Å². The van der Waals surface area contributed by atoms with Crippen LogP contribution in [0.15, 0.2) is 17.5 Å². The van der Waals surface area contributed by atoms with E-state index in [0.717, 1.165) is 4.88 Å². The van der Waals surface area contributed by atoms with Crippen molar-refractivity contribution in [1.29, 1.82) is 0 Å². The maximum Gasteiger partial charge on any atom is 0.101 e. The van der Waals surface area contributed by atoms with Gasteiger partial charge < -0.3 is 5.11 Å². The Morgan fingerprint density at radius 2 is 1.83 bits per heavy atom. The molecule has 0 bridgehead atoms. The van der Waals surface area contributed by atoms with E-state index in [-0.39, 0.29) is 5.41 Å². The van der Waals surface area contributed by atoms with Gasteiger partial charge in [-0.3, -0.25) is 0 Å². The molecular weight excluding hydrogens is 168 g/mol. The van der Waals surface area contributed by atoms with E-state index in [1.165, 1.54) is 0 Å². The van der Waals surface area contributed by atoms with Crippen LogP contribution in [0.25, 0.3) is 0 Å². The van der Waals surface area contributed by atoms with Gasteiger partial charge in [-0.15, -0.1) is 11.3 Å². The van der Waals surface area contributed by atoms with Crippen molar-refractivity contribution < 1.29 is 5.11 Å². The van der Waals surface area contributed by atoms with Gasteiger partial charge in [-0.1, -0.05) is 26.8 Å². The molecule has 1 nitrogen and oxygen atoms in total. The molecule has 0 saturated heterocycles. The Hall–Kier alpha value is -0.340. The molecule has 1 rings (SSSR count). The Morgan fingerprint density at radius 3 is 2.17 bits per heavy atom. The van der Waals surface area contributed by atoms with Crippen molar-refractivity contribution in [1.82, 2.24) is 0 Å². The number of hydrogen-bond acceptors (Lipinski definition) is 2. The summed E-state index contributed by atoms with van der Waals surface area (Å²) in [6, 6.07) is 3.95. The van der Waals surface area contributed by atoms with E-state index < -0.39 is 5.60 Å². The highest BCUT2D eigenvalue weighted by atomic mass is 32.1. The molecule has 0 fully saturated rings. The lowest BCUT2D eigenvalue weighted by atomic mass is 9.77. The monoisotopic (exact) mass is 184 g/mol. The average Bonchev–Trinajstić information content (AvgIpc) is 2.34. The highest BCUT2D eigenvalue weighted by Gasteiger charge is 2.37. The molecule has 68 valence electrons. The van der Waals surface area contributed by atoms with Crippen LogP contribution in [0.2, 0.25) is 0 Å². The molecule has 1 aromatic heterocycles. The summed E-state index contributed by atoms with van der Waals surface area (Å²) in [5.41, 5.74) is -0.834. The summed E-state index contributed by atoms with van der Waals surface area (Å²) in [4.78, 5) is 1.04. The molecule has 0 aliphatic rings. The third kappa shape index (κ3) is 1.54. The third-order valence-electron chi connectivity index (χ3n) is 2.46. The third-order valence-corrected chi connectivity index (χ3v) is 3.54. The van der Waals surface area contributed by atoms with Gasteiger partial charge in [-0.2, -0.15) is 0 Å². The molecule has 1 atom stereocenters. The fourth-order valence-corrected chi connectivity index (χ4v) is 1.92. The van der Waals surface area contributed by atoms with Crippen LogP contribution in [-0.4, -0.2) is 5.11 Å². The van der Waals surface area contributed by atoms with Gasteiger partial charge in [-0.25, -0.2) is 0 Å². The first-order valence-corrected chi connectivity index (χ1v) is 5.00. The minimum Gasteiger partial charge on any atom is -0.384 e. The number of rotatable bonds is 1. The van der Waals surface area contributed by atoms with Gasteiger partial charge in [0.25, 0.3) is 0 Å². The molecule has 0 amide bonds. The van der Waals surface area contributed by atoms with E-state index in [0.29, 0.717) is 0 Å². The highest BCUT2D eigenvalue weighted by Crippen LogP contribution is 2.40. The van der Waals surface area contributed by atoms with E-state index in [1.54, 1.807) is 11.3 Å². The molecule has 1 N–H and O–H groups in total. The van der Waals surface area contributed by atoms with Crippen molar-refractivity contribution in [2.24, 2.45) is 5.41 Å². The Bertz CT molecular complexity index is 241. The van der Waals surface area contributed by atoms with Gasteiger partial charge in [0.05, 0.1) is 0 Å². The van der Waals surface area contributed by atoms with Gasteiger partial charge in [0.15, 0.2) is 0 Å². The zero-order chi connectivity index (χ0) is 9.41. The van der Waals surface area contributed by atoms with E-state index in [1.807, 2.05) is 45.2 Å². The van der Waals surface area contributed by atoms with Gasteiger partial charge in [0, 0.05) is 4.88 Å². The van der Waals surface area contributed by atoms with Crippen LogP contribution in [0.5, 0.6) is 0 Å². The van der Waals surface area contributed by atoms with Gasteiger partial charge >= 0.3 is 0 Å². The largest absolute Gasteiger partial charge is 0.384 e. The maximum absolute atomic E-state index is 10.2. The van der Waals surface area contributed by atoms with Gasteiger partial charge in [0.2, 0.25) is 0 Å². The lowest BCUT2D eigenvalue weighted by Crippen LogP contribution is -2.35. The lowest BCUT2D eigenvalue weighted by Gasteiger charge is -2.36. The molecule has 1 unspecified atom stereocenters. The minimum absolute atomic E-state index is 0.113. The maximum atomic E-state index is 10.2. The topological polar surface area (TPSA) is 20.2 Å². The zero-order valence-electron chi connectivity index (χ0n) is 8.09. The highest BCUT2D eigenvalue weighted by molar-refractivity contribution is 7.10. The summed E-state index contributed by atoms with van der Waals surface area (Å²) in [6.45, 7) is 8.02. The molecule has 0 aliphatic heterocycles. The summed E-state index contributed by atoms with van der Waals surface area (Å²) < 4.78 is 0. The zero-order valence-corrected chi connectivity index (χ0v) is 8.90. The molecule has 2 heteroatoms. The fraction of sp³-hybridized carbons (Fsp3) is 0.600. The number of thiophene rings is 1. The van der Waals surface area contributed by atoms with Gasteiger partial charge in [-0.05, 0) is 23.8 Å². The molecule has 0 spiro atoms. The molecule has 12 heavy (non-hydrogen) atoms. The average molecular weight is 184 g/mol. The molecular formula is C10H16OS. The van der Waals surface area contributed by atoms with Crippen LogP contribution >= 0.6 is 11.3 Å². The summed E-state index contributed by atoms with van der Waals surface area (Å²) in [6.07, 6.45) is 0. The second-order valence-electron chi connectivity index (χ2n) is 4.30. The Balaban J connectivity index is 3.02. The first-order chi connectivity index (χ1) is 5.36. The van der Waals surface area contributed by atoms with Crippen molar-refractivity contribution in [2.75, 3.05) is 0 Å². The van der Waals surface area contributed by atoms with Crippen molar-refractivity contribution in [3.63, 3.8) is 0 Å². The normalized spacial score (nSPS) is 17.4. The Morgan fingerprint density at radius 1 is 1.25 bits per heavy atom. The van der Waals surface area contributed by atoms with Crippen molar-refractivity contribution in [3.8, 4) is 0 Å². The van der Waals surface area contributed by atoms with Crippen molar-refractivity contribution in [2.45, 2.75) is 33.3 Å². The number of aliphatic hydroxyl groups is 1. The second-order valence-corrected chi connectivity index (χ2v) is 5.25. The predicted octanol–water partition coefficient (Wildman–Crippen LogP) is 3.00. The van der Waals surface area contributed by atoms with Crippen molar-refractivity contribution in [3.05, 3.63) is 22.4 Å². The second kappa shape index (κ2) is 2.86. The smallest absolute Gasteiger partial charge is 0.101 e. The fourth-order valence-electron chi connectivity index (χ4n) is 0.925. The quantitative estimate of drug-likeness (QED) is 0.711. The standard InChI is InChI=1S/C10H16OS/c1-9(2,3)10(4,11)8-6-5-7-12-8/h5-7,11H,1-4H3. The molecule has 0 aromatic carbocycles. The van der Waals surface area contributed by atoms with Crippen LogP contribution in [0.4, 0.5) is 0 Å². The number of hydrogen-bond donors (Lipinski definition) is 1.